The van der Waals surface area contributed by atoms with Gasteiger partial charge in [0.2, 0.25) is 0 Å². The molecule has 1 fully saturated rings. The van der Waals surface area contributed by atoms with Crippen LogP contribution in [0, 0.1) is 5.92 Å². The second-order valence-corrected chi connectivity index (χ2v) is 8.25. The van der Waals surface area contributed by atoms with Crippen LogP contribution in [0.15, 0.2) is 18.3 Å². The van der Waals surface area contributed by atoms with Crippen molar-refractivity contribution in [2.24, 2.45) is 5.92 Å². The van der Waals surface area contributed by atoms with E-state index < -0.39 is 11.6 Å². The molecule has 0 radical (unpaired) electrons. The fraction of sp³-hybridized carbons (Fsp3) is 0.571. The van der Waals surface area contributed by atoms with Gasteiger partial charge in [0.05, 0.1) is 31.7 Å². The maximum atomic E-state index is 12.3. The van der Waals surface area contributed by atoms with E-state index in [2.05, 4.69) is 5.10 Å². The number of fused-ring (bicyclic) bond motifs is 1. The summed E-state index contributed by atoms with van der Waals surface area (Å²) in [6, 6.07) is 3.72. The minimum absolute atomic E-state index is 0.0496. The Morgan fingerprint density at radius 2 is 1.79 bits per heavy atom. The average molecular weight is 388 g/mol. The van der Waals surface area contributed by atoms with Gasteiger partial charge < -0.3 is 14.2 Å². The SMILES string of the molecule is COC(=O)c1cc2cn(C3CCC(C(=O)OC(C)(C)C)CC3)nc2cc1OC. The van der Waals surface area contributed by atoms with Gasteiger partial charge in [-0.25, -0.2) is 4.79 Å². The summed E-state index contributed by atoms with van der Waals surface area (Å²) in [6.07, 6.45) is 5.23. The number of carbonyl (C=O) groups is 2. The van der Waals surface area contributed by atoms with Gasteiger partial charge in [0.1, 0.15) is 16.9 Å². The maximum absolute atomic E-state index is 12.3. The molecule has 0 atom stereocenters. The van der Waals surface area contributed by atoms with Crippen LogP contribution >= 0.6 is 0 Å². The Morgan fingerprint density at radius 1 is 1.11 bits per heavy atom. The number of methoxy groups -OCH3 is 2. The highest BCUT2D eigenvalue weighted by atomic mass is 16.6. The number of ether oxygens (including phenoxy) is 3. The van der Waals surface area contributed by atoms with E-state index in [0.29, 0.717) is 11.3 Å². The lowest BCUT2D eigenvalue weighted by molar-refractivity contribution is -0.161. The molecule has 0 aliphatic heterocycles. The molecule has 0 amide bonds. The largest absolute Gasteiger partial charge is 0.496 e. The molecule has 2 aromatic rings. The summed E-state index contributed by atoms with van der Waals surface area (Å²) in [4.78, 5) is 24.3. The van der Waals surface area contributed by atoms with E-state index in [1.165, 1.54) is 14.2 Å². The van der Waals surface area contributed by atoms with Crippen LogP contribution in [-0.4, -0.2) is 41.5 Å². The highest BCUT2D eigenvalue weighted by molar-refractivity contribution is 5.97. The van der Waals surface area contributed by atoms with Crippen molar-refractivity contribution >= 4 is 22.8 Å². The van der Waals surface area contributed by atoms with Crippen molar-refractivity contribution in [2.45, 2.75) is 58.1 Å². The Hall–Kier alpha value is -2.57. The monoisotopic (exact) mass is 388 g/mol. The summed E-state index contributed by atoms with van der Waals surface area (Å²) >= 11 is 0. The molecule has 0 spiro atoms. The van der Waals surface area contributed by atoms with Crippen LogP contribution < -0.4 is 4.74 Å². The van der Waals surface area contributed by atoms with Gasteiger partial charge in [0, 0.05) is 17.6 Å². The smallest absolute Gasteiger partial charge is 0.341 e. The van der Waals surface area contributed by atoms with Gasteiger partial charge in [-0.05, 0) is 52.5 Å². The molecule has 0 saturated heterocycles. The first-order chi connectivity index (χ1) is 13.2. The number of hydrogen-bond donors (Lipinski definition) is 0. The van der Waals surface area contributed by atoms with E-state index in [4.69, 9.17) is 14.2 Å². The molecular formula is C21H28N2O5. The summed E-state index contributed by atoms with van der Waals surface area (Å²) in [5, 5.41) is 5.53. The van der Waals surface area contributed by atoms with E-state index in [-0.39, 0.29) is 17.9 Å². The molecule has 1 saturated carbocycles. The third kappa shape index (κ3) is 4.29. The normalized spacial score (nSPS) is 20.0. The number of aromatic nitrogens is 2. The Bertz CT molecular complexity index is 873. The van der Waals surface area contributed by atoms with Crippen LogP contribution in [0.2, 0.25) is 0 Å². The van der Waals surface area contributed by atoms with Crippen LogP contribution in [0.25, 0.3) is 10.9 Å². The van der Waals surface area contributed by atoms with Crippen LogP contribution in [-0.2, 0) is 14.3 Å². The van der Waals surface area contributed by atoms with Gasteiger partial charge in [-0.3, -0.25) is 9.48 Å². The Labute approximate surface area is 164 Å². The molecule has 0 unspecified atom stereocenters. The molecular weight excluding hydrogens is 360 g/mol. The van der Waals surface area contributed by atoms with Crippen LogP contribution in [0.1, 0.15) is 62.9 Å². The highest BCUT2D eigenvalue weighted by Gasteiger charge is 2.31. The summed E-state index contributed by atoms with van der Waals surface area (Å²) in [6.45, 7) is 5.67. The highest BCUT2D eigenvalue weighted by Crippen LogP contribution is 2.35. The second kappa shape index (κ2) is 7.81. The molecule has 7 heteroatoms. The first kappa shape index (κ1) is 20.2. The van der Waals surface area contributed by atoms with Crippen molar-refractivity contribution < 1.29 is 23.8 Å². The maximum Gasteiger partial charge on any atom is 0.341 e. The quantitative estimate of drug-likeness (QED) is 0.739. The minimum atomic E-state index is -0.454. The summed E-state index contributed by atoms with van der Waals surface area (Å²) < 4.78 is 17.6. The number of carbonyl (C=O) groups excluding carboxylic acids is 2. The van der Waals surface area contributed by atoms with E-state index in [1.807, 2.05) is 31.6 Å². The number of hydrogen-bond acceptors (Lipinski definition) is 6. The fourth-order valence-electron chi connectivity index (χ4n) is 3.66. The van der Waals surface area contributed by atoms with Gasteiger partial charge in [-0.15, -0.1) is 0 Å². The third-order valence-corrected chi connectivity index (χ3v) is 5.06. The van der Waals surface area contributed by atoms with Crippen LogP contribution in [0.5, 0.6) is 5.75 Å². The van der Waals surface area contributed by atoms with Crippen molar-refractivity contribution in [1.29, 1.82) is 0 Å². The van der Waals surface area contributed by atoms with Crippen molar-refractivity contribution in [3.8, 4) is 5.75 Å². The lowest BCUT2D eigenvalue weighted by Crippen LogP contribution is -2.31. The molecule has 1 aromatic carbocycles. The van der Waals surface area contributed by atoms with Gasteiger partial charge in [0.15, 0.2) is 0 Å². The zero-order valence-corrected chi connectivity index (χ0v) is 17.2. The van der Waals surface area contributed by atoms with Crippen LogP contribution in [0.4, 0.5) is 0 Å². The summed E-state index contributed by atoms with van der Waals surface area (Å²) in [5.74, 6) is -0.155. The predicted octanol–water partition coefficient (Wildman–Crippen LogP) is 3.90. The molecule has 0 N–H and O–H groups in total. The number of rotatable bonds is 4. The van der Waals surface area contributed by atoms with Gasteiger partial charge in [-0.2, -0.15) is 5.10 Å². The average Bonchev–Trinajstić information content (AvgIpc) is 3.08. The van der Waals surface area contributed by atoms with E-state index in [0.717, 1.165) is 36.6 Å². The van der Waals surface area contributed by atoms with Crippen LogP contribution in [0.3, 0.4) is 0 Å². The van der Waals surface area contributed by atoms with E-state index >= 15 is 0 Å². The molecule has 7 nitrogen and oxygen atoms in total. The zero-order chi connectivity index (χ0) is 20.5. The van der Waals surface area contributed by atoms with Crippen molar-refractivity contribution in [3.05, 3.63) is 23.9 Å². The molecule has 1 aliphatic carbocycles. The molecule has 28 heavy (non-hydrogen) atoms. The third-order valence-electron chi connectivity index (χ3n) is 5.06. The zero-order valence-electron chi connectivity index (χ0n) is 17.2. The first-order valence-electron chi connectivity index (χ1n) is 9.60. The molecule has 3 rings (SSSR count). The standard InChI is InChI=1S/C21H28N2O5/c1-21(2,3)28-19(24)13-6-8-15(9-7-13)23-12-14-10-16(20(25)27-5)18(26-4)11-17(14)22-23/h10-13,15H,6-9H2,1-5H3. The Morgan fingerprint density at radius 3 is 2.36 bits per heavy atom. The first-order valence-corrected chi connectivity index (χ1v) is 9.60. The van der Waals surface area contributed by atoms with Crippen molar-refractivity contribution in [2.75, 3.05) is 14.2 Å². The number of nitrogens with zero attached hydrogens (tertiary/aromatic N) is 2. The van der Waals surface area contributed by atoms with Crippen molar-refractivity contribution in [3.63, 3.8) is 0 Å². The fourth-order valence-corrected chi connectivity index (χ4v) is 3.66. The second-order valence-electron chi connectivity index (χ2n) is 8.25. The van der Waals surface area contributed by atoms with Crippen molar-refractivity contribution in [1.82, 2.24) is 9.78 Å². The Balaban J connectivity index is 1.75. The predicted molar refractivity (Wildman–Crippen MR) is 104 cm³/mol. The van der Waals surface area contributed by atoms with E-state index in [9.17, 15) is 9.59 Å². The van der Waals surface area contributed by atoms with E-state index in [1.54, 1.807) is 12.1 Å². The summed E-state index contributed by atoms with van der Waals surface area (Å²) in [5.41, 5.74) is 0.689. The molecule has 152 valence electrons. The van der Waals surface area contributed by atoms with Gasteiger partial charge in [-0.1, -0.05) is 0 Å². The number of esters is 2. The lowest BCUT2D eigenvalue weighted by atomic mass is 9.86. The molecule has 1 heterocycles. The Kier molecular flexibility index (Phi) is 5.63. The number of benzene rings is 1. The topological polar surface area (TPSA) is 79.7 Å². The lowest BCUT2D eigenvalue weighted by Gasteiger charge is -2.29. The minimum Gasteiger partial charge on any atom is -0.496 e. The molecule has 1 aromatic heterocycles. The molecule has 1 aliphatic rings. The van der Waals surface area contributed by atoms with Gasteiger partial charge >= 0.3 is 11.9 Å². The summed E-state index contributed by atoms with van der Waals surface area (Å²) in [7, 11) is 2.86. The molecule has 0 bridgehead atoms. The van der Waals surface area contributed by atoms with Gasteiger partial charge in [0.25, 0.3) is 0 Å².